The number of aliphatic imine (C=N–C) groups is 1. The average molecular weight is 480 g/mol. The van der Waals surface area contributed by atoms with Gasteiger partial charge in [0.25, 0.3) is 0 Å². The number of benzene rings is 1. The maximum atomic E-state index is 5.79. The Balaban J connectivity index is 0.00000364. The van der Waals surface area contributed by atoms with Gasteiger partial charge in [-0.25, -0.2) is 4.98 Å². The molecule has 6 heteroatoms. The van der Waals surface area contributed by atoms with Gasteiger partial charge in [-0.05, 0) is 30.0 Å². The first-order valence-corrected chi connectivity index (χ1v) is 8.87. The van der Waals surface area contributed by atoms with E-state index >= 15 is 0 Å². The first-order valence-electron chi connectivity index (χ1n) is 8.87. The van der Waals surface area contributed by atoms with Crippen LogP contribution in [0.1, 0.15) is 24.0 Å². The van der Waals surface area contributed by atoms with Crippen molar-refractivity contribution < 1.29 is 4.74 Å². The van der Waals surface area contributed by atoms with Crippen LogP contribution in [0.15, 0.2) is 66.3 Å². The predicted octanol–water partition coefficient (Wildman–Crippen LogP) is 4.25. The molecule has 146 valence electrons. The summed E-state index contributed by atoms with van der Waals surface area (Å²) < 4.78 is 5.79. The van der Waals surface area contributed by atoms with E-state index in [4.69, 9.17) is 4.74 Å². The summed E-state index contributed by atoms with van der Waals surface area (Å²) in [5.41, 5.74) is 2.23. The summed E-state index contributed by atoms with van der Waals surface area (Å²) in [5.74, 6) is 1.50. The third-order valence-corrected chi connectivity index (χ3v) is 3.95. The first kappa shape index (κ1) is 23.0. The molecule has 0 unspecified atom stereocenters. The largest absolute Gasteiger partial charge is 0.473 e. The Morgan fingerprint density at radius 1 is 1.26 bits per heavy atom. The molecule has 0 amide bonds. The lowest BCUT2D eigenvalue weighted by Gasteiger charge is -2.22. The molecule has 0 bridgehead atoms. The molecule has 0 aliphatic rings. The molecule has 27 heavy (non-hydrogen) atoms. The maximum absolute atomic E-state index is 5.79. The summed E-state index contributed by atoms with van der Waals surface area (Å²) in [7, 11) is 3.84. The summed E-state index contributed by atoms with van der Waals surface area (Å²) in [4.78, 5) is 10.7. The van der Waals surface area contributed by atoms with Gasteiger partial charge in [-0.15, -0.1) is 30.6 Å². The smallest absolute Gasteiger partial charge is 0.213 e. The number of rotatable bonds is 9. The maximum Gasteiger partial charge on any atom is 0.213 e. The summed E-state index contributed by atoms with van der Waals surface area (Å²) >= 11 is 0. The molecule has 0 saturated heterocycles. The number of aromatic nitrogens is 1. The lowest BCUT2D eigenvalue weighted by Crippen LogP contribution is -2.38. The van der Waals surface area contributed by atoms with Crippen LogP contribution in [0.3, 0.4) is 0 Å². The van der Waals surface area contributed by atoms with E-state index in [0.717, 1.165) is 36.5 Å². The van der Waals surface area contributed by atoms with Crippen LogP contribution in [-0.4, -0.2) is 36.5 Å². The van der Waals surface area contributed by atoms with Crippen LogP contribution in [0, 0.1) is 0 Å². The van der Waals surface area contributed by atoms with Crippen LogP contribution in [0.5, 0.6) is 5.88 Å². The second-order valence-electron chi connectivity index (χ2n) is 6.03. The molecule has 0 radical (unpaired) electrons. The molecule has 0 aliphatic carbocycles. The minimum atomic E-state index is 0. The van der Waals surface area contributed by atoms with Gasteiger partial charge in [-0.3, -0.25) is 4.99 Å². The van der Waals surface area contributed by atoms with Crippen molar-refractivity contribution in [3.63, 3.8) is 0 Å². The summed E-state index contributed by atoms with van der Waals surface area (Å²) in [6, 6.07) is 14.0. The number of unbranched alkanes of at least 4 members (excludes halogenated alkanes) is 1. The van der Waals surface area contributed by atoms with E-state index in [1.54, 1.807) is 13.2 Å². The van der Waals surface area contributed by atoms with Gasteiger partial charge in [0.2, 0.25) is 5.88 Å². The van der Waals surface area contributed by atoms with Gasteiger partial charge in [0.1, 0.15) is 6.61 Å². The van der Waals surface area contributed by atoms with Crippen LogP contribution < -0.4 is 10.1 Å². The summed E-state index contributed by atoms with van der Waals surface area (Å²) in [6.45, 7) is 5.88. The number of nitrogens with one attached hydrogen (secondary N) is 1. The zero-order chi connectivity index (χ0) is 18.6. The number of guanidine groups is 1. The number of hydrogen-bond donors (Lipinski definition) is 1. The number of ether oxygens (including phenoxy) is 1. The second-order valence-corrected chi connectivity index (χ2v) is 6.03. The molecule has 0 aliphatic heterocycles. The Hall–Kier alpha value is -2.09. The molecule has 1 N–H and O–H groups in total. The molecule has 1 heterocycles. The van der Waals surface area contributed by atoms with E-state index in [9.17, 15) is 0 Å². The van der Waals surface area contributed by atoms with E-state index in [1.165, 1.54) is 0 Å². The molecule has 1 aromatic carbocycles. The highest BCUT2D eigenvalue weighted by Crippen LogP contribution is 2.12. The van der Waals surface area contributed by atoms with Crippen molar-refractivity contribution in [2.24, 2.45) is 4.99 Å². The van der Waals surface area contributed by atoms with Gasteiger partial charge in [-0.1, -0.05) is 36.4 Å². The summed E-state index contributed by atoms with van der Waals surface area (Å²) in [6.07, 6.45) is 5.78. The van der Waals surface area contributed by atoms with Gasteiger partial charge < -0.3 is 15.0 Å². The zero-order valence-electron chi connectivity index (χ0n) is 16.1. The van der Waals surface area contributed by atoms with Crippen LogP contribution >= 0.6 is 24.0 Å². The van der Waals surface area contributed by atoms with Crippen molar-refractivity contribution in [2.45, 2.75) is 26.0 Å². The number of nitrogens with zero attached hydrogens (tertiary/aromatic N) is 3. The standard InChI is InChI=1S/C21H28N4O.HI/c1-4-5-9-14-25(3)21(22-2)24-16-19-12-13-23-20(15-19)26-17-18-10-7-6-8-11-18;/h4,6-8,10-13,15H,1,5,9,14,16-17H2,2-3H3,(H,22,24);1H. The third kappa shape index (κ3) is 8.43. The van der Waals surface area contributed by atoms with Crippen molar-refractivity contribution in [1.82, 2.24) is 15.2 Å². The van der Waals surface area contributed by atoms with Crippen molar-refractivity contribution in [1.29, 1.82) is 0 Å². The molecule has 5 nitrogen and oxygen atoms in total. The molecule has 0 fully saturated rings. The molecule has 1 aromatic heterocycles. The predicted molar refractivity (Wildman–Crippen MR) is 123 cm³/mol. The van der Waals surface area contributed by atoms with Crippen molar-refractivity contribution >= 4 is 29.9 Å². The Morgan fingerprint density at radius 2 is 2.04 bits per heavy atom. The highest BCUT2D eigenvalue weighted by molar-refractivity contribution is 14.0. The molecule has 0 spiro atoms. The van der Waals surface area contributed by atoms with Crippen LogP contribution in [0.4, 0.5) is 0 Å². The average Bonchev–Trinajstić information content (AvgIpc) is 2.68. The molecular formula is C21H29IN4O. The van der Waals surface area contributed by atoms with Gasteiger partial charge in [0.05, 0.1) is 0 Å². The minimum Gasteiger partial charge on any atom is -0.473 e. The number of halogens is 1. The van der Waals surface area contributed by atoms with Crippen LogP contribution in [0.25, 0.3) is 0 Å². The first-order chi connectivity index (χ1) is 12.7. The molecule has 2 aromatic rings. The second kappa shape index (κ2) is 13.1. The summed E-state index contributed by atoms with van der Waals surface area (Å²) in [5, 5.41) is 3.38. The molecule has 0 atom stereocenters. The Morgan fingerprint density at radius 3 is 2.74 bits per heavy atom. The number of pyridine rings is 1. The van der Waals surface area contributed by atoms with Crippen LogP contribution in [0.2, 0.25) is 0 Å². The molecule has 0 saturated carbocycles. The normalized spacial score (nSPS) is 10.7. The third-order valence-electron chi connectivity index (χ3n) is 3.95. The van der Waals surface area contributed by atoms with E-state index in [1.807, 2.05) is 55.6 Å². The van der Waals surface area contributed by atoms with Gasteiger partial charge in [0, 0.05) is 39.4 Å². The monoisotopic (exact) mass is 480 g/mol. The highest BCUT2D eigenvalue weighted by atomic mass is 127. The van der Waals surface area contributed by atoms with Crippen LogP contribution in [-0.2, 0) is 13.2 Å². The van der Waals surface area contributed by atoms with Crippen molar-refractivity contribution in [3.05, 3.63) is 72.4 Å². The SMILES string of the molecule is C=CCCCN(C)C(=NC)NCc1ccnc(OCc2ccccc2)c1.I. The molecule has 2 rings (SSSR count). The topological polar surface area (TPSA) is 49.8 Å². The minimum absolute atomic E-state index is 0. The fourth-order valence-electron chi connectivity index (χ4n) is 2.52. The quantitative estimate of drug-likeness (QED) is 0.192. The molecular weight excluding hydrogens is 451 g/mol. The van der Waals surface area contributed by atoms with Gasteiger partial charge >= 0.3 is 0 Å². The van der Waals surface area contributed by atoms with E-state index in [2.05, 4.69) is 26.8 Å². The van der Waals surface area contributed by atoms with Gasteiger partial charge in [0.15, 0.2) is 5.96 Å². The van der Waals surface area contributed by atoms with Gasteiger partial charge in [-0.2, -0.15) is 0 Å². The lowest BCUT2D eigenvalue weighted by molar-refractivity contribution is 0.293. The van der Waals surface area contributed by atoms with E-state index < -0.39 is 0 Å². The van der Waals surface area contributed by atoms with E-state index in [-0.39, 0.29) is 24.0 Å². The lowest BCUT2D eigenvalue weighted by atomic mass is 10.2. The number of allylic oxidation sites excluding steroid dienone is 1. The number of hydrogen-bond acceptors (Lipinski definition) is 3. The Kier molecular flexibility index (Phi) is 11.2. The van der Waals surface area contributed by atoms with E-state index in [0.29, 0.717) is 19.0 Å². The fraction of sp³-hybridized carbons (Fsp3) is 0.333. The fourth-order valence-corrected chi connectivity index (χ4v) is 2.52. The van der Waals surface area contributed by atoms with Crippen molar-refractivity contribution in [2.75, 3.05) is 20.6 Å². The van der Waals surface area contributed by atoms with Crippen molar-refractivity contribution in [3.8, 4) is 5.88 Å². The zero-order valence-corrected chi connectivity index (χ0v) is 18.4. The highest BCUT2D eigenvalue weighted by Gasteiger charge is 2.06. The Bertz CT molecular complexity index is 706. The Labute approximate surface area is 179 Å².